The van der Waals surface area contributed by atoms with Gasteiger partial charge < -0.3 is 5.32 Å². The van der Waals surface area contributed by atoms with Crippen molar-refractivity contribution in [2.45, 2.75) is 6.54 Å². The maximum Gasteiger partial charge on any atom is 0.272 e. The highest BCUT2D eigenvalue weighted by molar-refractivity contribution is 7.12. The average Bonchev–Trinajstić information content (AvgIpc) is 2.85. The van der Waals surface area contributed by atoms with Crippen molar-refractivity contribution in [3.63, 3.8) is 0 Å². The molecule has 0 aliphatic heterocycles. The third kappa shape index (κ3) is 3.05. The number of anilines is 1. The van der Waals surface area contributed by atoms with E-state index >= 15 is 0 Å². The molecule has 0 bridgehead atoms. The summed E-state index contributed by atoms with van der Waals surface area (Å²) in [6.07, 6.45) is 0. The minimum Gasteiger partial charge on any atom is -0.378 e. The highest BCUT2D eigenvalue weighted by atomic mass is 32.1. The van der Waals surface area contributed by atoms with Gasteiger partial charge in [0.2, 0.25) is 0 Å². The van der Waals surface area contributed by atoms with Gasteiger partial charge in [0.05, 0.1) is 16.7 Å². The van der Waals surface area contributed by atoms with E-state index in [1.807, 2.05) is 6.07 Å². The number of nitro benzene ring substituents is 1. The number of halogens is 1. The molecule has 1 N–H and O–H groups in total. The standard InChI is InChI=1S/C12H8FN3O2S/c13-11-5-8(16(17)18)1-4-12(11)15-7-10-3-2-9(6-14)19-10/h1-5,15H,7H2. The van der Waals surface area contributed by atoms with E-state index in [2.05, 4.69) is 5.32 Å². The van der Waals surface area contributed by atoms with E-state index in [4.69, 9.17) is 5.26 Å². The predicted molar refractivity (Wildman–Crippen MR) is 69.4 cm³/mol. The van der Waals surface area contributed by atoms with Crippen molar-refractivity contribution in [1.29, 1.82) is 5.26 Å². The van der Waals surface area contributed by atoms with Gasteiger partial charge in [0.15, 0.2) is 5.82 Å². The molecular formula is C12H8FN3O2S. The summed E-state index contributed by atoms with van der Waals surface area (Å²) in [6.45, 7) is 0.362. The fourth-order valence-corrected chi connectivity index (χ4v) is 2.22. The number of benzene rings is 1. The van der Waals surface area contributed by atoms with Crippen LogP contribution in [0.3, 0.4) is 0 Å². The molecule has 2 rings (SSSR count). The topological polar surface area (TPSA) is 79.0 Å². The third-order valence-electron chi connectivity index (χ3n) is 2.39. The molecule has 0 aliphatic carbocycles. The second-order valence-electron chi connectivity index (χ2n) is 3.65. The number of nitro groups is 1. The van der Waals surface area contributed by atoms with Crippen LogP contribution in [0.15, 0.2) is 30.3 Å². The number of nitrogens with one attached hydrogen (secondary N) is 1. The Kier molecular flexibility index (Phi) is 3.73. The number of thiophene rings is 1. The molecule has 0 unspecified atom stereocenters. The molecule has 0 radical (unpaired) electrons. The molecule has 0 saturated heterocycles. The van der Waals surface area contributed by atoms with E-state index in [0.29, 0.717) is 11.4 Å². The first-order valence-electron chi connectivity index (χ1n) is 5.27. The SMILES string of the molecule is N#Cc1ccc(CNc2ccc([N+](=O)[O-])cc2F)s1. The van der Waals surface area contributed by atoms with Crippen LogP contribution in [0.2, 0.25) is 0 Å². The molecule has 0 spiro atoms. The van der Waals surface area contributed by atoms with Crippen LogP contribution in [0.25, 0.3) is 0 Å². The lowest BCUT2D eigenvalue weighted by atomic mass is 10.2. The molecule has 1 heterocycles. The molecule has 0 amide bonds. The highest BCUT2D eigenvalue weighted by Crippen LogP contribution is 2.22. The Bertz CT molecular complexity index is 663. The van der Waals surface area contributed by atoms with Crippen LogP contribution in [0.1, 0.15) is 9.75 Å². The summed E-state index contributed by atoms with van der Waals surface area (Å²) in [5.74, 6) is -0.675. The quantitative estimate of drug-likeness (QED) is 0.687. The van der Waals surface area contributed by atoms with Crippen molar-refractivity contribution in [2.75, 3.05) is 5.32 Å². The Morgan fingerprint density at radius 3 is 2.79 bits per heavy atom. The van der Waals surface area contributed by atoms with Gasteiger partial charge in [0.1, 0.15) is 10.9 Å². The first kappa shape index (κ1) is 13.0. The van der Waals surface area contributed by atoms with Crippen molar-refractivity contribution < 1.29 is 9.31 Å². The molecule has 7 heteroatoms. The van der Waals surface area contributed by atoms with Gasteiger partial charge in [-0.1, -0.05) is 0 Å². The number of non-ortho nitro benzene ring substituents is 1. The Hall–Kier alpha value is -2.46. The fraction of sp³-hybridized carbons (Fsp3) is 0.0833. The summed E-state index contributed by atoms with van der Waals surface area (Å²) in [7, 11) is 0. The molecule has 1 aromatic carbocycles. The van der Waals surface area contributed by atoms with Crippen molar-refractivity contribution in [3.8, 4) is 6.07 Å². The maximum atomic E-state index is 13.6. The molecule has 19 heavy (non-hydrogen) atoms. The number of hydrogen-bond acceptors (Lipinski definition) is 5. The molecule has 0 fully saturated rings. The minimum atomic E-state index is -0.675. The van der Waals surface area contributed by atoms with Crippen molar-refractivity contribution in [2.24, 2.45) is 0 Å². The Labute approximate surface area is 112 Å². The first-order chi connectivity index (χ1) is 9.10. The van der Waals surface area contributed by atoms with E-state index in [1.54, 1.807) is 12.1 Å². The predicted octanol–water partition coefficient (Wildman–Crippen LogP) is 3.28. The normalized spacial score (nSPS) is 9.89. The van der Waals surface area contributed by atoms with Crippen LogP contribution in [-0.4, -0.2) is 4.92 Å². The number of nitriles is 1. The van der Waals surface area contributed by atoms with Crippen LogP contribution < -0.4 is 5.32 Å². The van der Waals surface area contributed by atoms with Crippen LogP contribution in [0.5, 0.6) is 0 Å². The molecule has 96 valence electrons. The lowest BCUT2D eigenvalue weighted by molar-refractivity contribution is -0.385. The smallest absolute Gasteiger partial charge is 0.272 e. The van der Waals surface area contributed by atoms with Gasteiger partial charge in [-0.2, -0.15) is 5.26 Å². The van der Waals surface area contributed by atoms with Crippen LogP contribution >= 0.6 is 11.3 Å². The maximum absolute atomic E-state index is 13.6. The zero-order chi connectivity index (χ0) is 13.8. The highest BCUT2D eigenvalue weighted by Gasteiger charge is 2.10. The molecular weight excluding hydrogens is 269 g/mol. The van der Waals surface area contributed by atoms with Gasteiger partial charge in [-0.05, 0) is 18.2 Å². The number of hydrogen-bond donors (Lipinski definition) is 1. The van der Waals surface area contributed by atoms with Crippen LogP contribution in [-0.2, 0) is 6.54 Å². The molecule has 0 atom stereocenters. The van der Waals surface area contributed by atoms with Crippen molar-refractivity contribution in [3.05, 3.63) is 56.0 Å². The summed E-state index contributed by atoms with van der Waals surface area (Å²) < 4.78 is 13.6. The van der Waals surface area contributed by atoms with Gasteiger partial charge in [-0.25, -0.2) is 4.39 Å². The van der Waals surface area contributed by atoms with Gasteiger partial charge in [0.25, 0.3) is 5.69 Å². The van der Waals surface area contributed by atoms with Gasteiger partial charge in [-0.3, -0.25) is 10.1 Å². The summed E-state index contributed by atoms with van der Waals surface area (Å²) in [4.78, 5) is 11.3. The average molecular weight is 277 g/mol. The molecule has 5 nitrogen and oxygen atoms in total. The zero-order valence-corrected chi connectivity index (χ0v) is 10.4. The van der Waals surface area contributed by atoms with Gasteiger partial charge in [0, 0.05) is 17.5 Å². The summed E-state index contributed by atoms with van der Waals surface area (Å²) >= 11 is 1.31. The molecule has 1 aromatic heterocycles. The van der Waals surface area contributed by atoms with E-state index in [1.165, 1.54) is 23.5 Å². The molecule has 2 aromatic rings. The van der Waals surface area contributed by atoms with E-state index < -0.39 is 10.7 Å². The Morgan fingerprint density at radius 2 is 2.21 bits per heavy atom. The minimum absolute atomic E-state index is 0.192. The number of rotatable bonds is 4. The van der Waals surface area contributed by atoms with Crippen molar-refractivity contribution >= 4 is 22.7 Å². The zero-order valence-electron chi connectivity index (χ0n) is 9.59. The van der Waals surface area contributed by atoms with E-state index in [9.17, 15) is 14.5 Å². The summed E-state index contributed by atoms with van der Waals surface area (Å²) in [5.41, 5.74) is -0.0940. The third-order valence-corrected chi connectivity index (χ3v) is 3.38. The fourth-order valence-electron chi connectivity index (χ4n) is 1.48. The van der Waals surface area contributed by atoms with Gasteiger partial charge >= 0.3 is 0 Å². The van der Waals surface area contributed by atoms with Crippen LogP contribution in [0, 0.1) is 27.3 Å². The summed E-state index contributed by atoms with van der Waals surface area (Å²) in [6, 6.07) is 8.92. The largest absolute Gasteiger partial charge is 0.378 e. The van der Waals surface area contributed by atoms with Gasteiger partial charge in [-0.15, -0.1) is 11.3 Å². The number of nitrogens with zero attached hydrogens (tertiary/aromatic N) is 2. The monoisotopic (exact) mass is 277 g/mol. The molecule has 0 aliphatic rings. The second kappa shape index (κ2) is 5.46. The lowest BCUT2D eigenvalue weighted by Gasteiger charge is -2.05. The van der Waals surface area contributed by atoms with Crippen molar-refractivity contribution in [1.82, 2.24) is 0 Å². The van der Waals surface area contributed by atoms with E-state index in [0.717, 1.165) is 10.9 Å². The first-order valence-corrected chi connectivity index (χ1v) is 6.08. The lowest BCUT2D eigenvalue weighted by Crippen LogP contribution is -2.00. The Morgan fingerprint density at radius 1 is 1.42 bits per heavy atom. The summed E-state index contributed by atoms with van der Waals surface area (Å²) in [5, 5.41) is 22.0. The van der Waals surface area contributed by atoms with Crippen LogP contribution in [0.4, 0.5) is 15.8 Å². The van der Waals surface area contributed by atoms with E-state index in [-0.39, 0.29) is 11.4 Å². The Balaban J connectivity index is 2.07. The molecule has 0 saturated carbocycles. The second-order valence-corrected chi connectivity index (χ2v) is 4.82.